The number of carbonyl (C=O) groups excluding carboxylic acids is 1. The highest BCUT2D eigenvalue weighted by Crippen LogP contribution is 2.48. The maximum Gasteiger partial charge on any atom is 0.275 e. The summed E-state index contributed by atoms with van der Waals surface area (Å²) in [5.41, 5.74) is -0.0293. The lowest BCUT2D eigenvalue weighted by atomic mass is 9.66. The first-order valence-corrected chi connectivity index (χ1v) is 10.2. The number of ether oxygens (including phenoxy) is 2. The Bertz CT molecular complexity index is 965. The summed E-state index contributed by atoms with van der Waals surface area (Å²) >= 11 is 0. The Morgan fingerprint density at radius 2 is 1.97 bits per heavy atom. The minimum Gasteiger partial charge on any atom is -0.479 e. The van der Waals surface area contributed by atoms with Gasteiger partial charge in [-0.25, -0.2) is 9.97 Å². The third-order valence-electron chi connectivity index (χ3n) is 5.99. The van der Waals surface area contributed by atoms with Gasteiger partial charge in [0.15, 0.2) is 5.69 Å². The average molecular weight is 433 g/mol. The Hall–Kier alpha value is -2.88. The number of methoxy groups -OCH3 is 1. The summed E-state index contributed by atoms with van der Waals surface area (Å²) in [6.45, 7) is 3.32. The minimum atomic E-state index is -0.976. The second kappa shape index (κ2) is 8.33. The second-order valence-electron chi connectivity index (χ2n) is 8.54. The molecule has 1 unspecified atom stereocenters. The molecule has 8 nitrogen and oxygen atoms in total. The van der Waals surface area contributed by atoms with E-state index in [4.69, 9.17) is 9.47 Å². The molecule has 2 fully saturated rings. The van der Waals surface area contributed by atoms with E-state index in [9.17, 15) is 13.6 Å². The molecule has 2 aromatic rings. The molecule has 1 aliphatic carbocycles. The first-order chi connectivity index (χ1) is 14.8. The molecule has 1 aliphatic heterocycles. The molecule has 10 heteroatoms. The highest BCUT2D eigenvalue weighted by atomic mass is 19.1. The van der Waals surface area contributed by atoms with E-state index in [0.717, 1.165) is 37.8 Å². The van der Waals surface area contributed by atoms with Gasteiger partial charge in [-0.05, 0) is 37.5 Å². The van der Waals surface area contributed by atoms with E-state index in [1.165, 1.54) is 19.7 Å². The molecule has 1 amide bonds. The summed E-state index contributed by atoms with van der Waals surface area (Å²) in [5, 5.41) is 5.67. The first-order valence-electron chi connectivity index (χ1n) is 10.2. The smallest absolute Gasteiger partial charge is 0.275 e. The number of carbonyl (C=O) groups is 1. The quantitative estimate of drug-likeness (QED) is 0.674. The van der Waals surface area contributed by atoms with Crippen molar-refractivity contribution < 1.29 is 23.0 Å². The third-order valence-corrected chi connectivity index (χ3v) is 5.99. The molecule has 1 spiro atoms. The van der Waals surface area contributed by atoms with Gasteiger partial charge in [-0.1, -0.05) is 6.92 Å². The lowest BCUT2D eigenvalue weighted by molar-refractivity contribution is -0.162. The lowest BCUT2D eigenvalue weighted by Crippen LogP contribution is -2.52. The predicted octanol–water partition coefficient (Wildman–Crippen LogP) is 3.37. The van der Waals surface area contributed by atoms with E-state index in [-0.39, 0.29) is 34.1 Å². The highest BCUT2D eigenvalue weighted by molar-refractivity contribution is 5.94. The van der Waals surface area contributed by atoms with Crippen molar-refractivity contribution in [3.8, 4) is 5.88 Å². The molecule has 1 saturated carbocycles. The van der Waals surface area contributed by atoms with Crippen LogP contribution in [0.2, 0.25) is 0 Å². The number of rotatable bonds is 6. The zero-order chi connectivity index (χ0) is 22.1. The fourth-order valence-electron chi connectivity index (χ4n) is 4.27. The fraction of sp³-hybridized carbons (Fsp3) is 0.524. The molecular weight excluding hydrogens is 408 g/mol. The normalized spacial score (nSPS) is 21.9. The summed E-state index contributed by atoms with van der Waals surface area (Å²) in [6.07, 6.45) is 6.40. The molecule has 1 saturated heterocycles. The molecule has 166 valence electrons. The zero-order valence-corrected chi connectivity index (χ0v) is 17.5. The summed E-state index contributed by atoms with van der Waals surface area (Å²) in [4.78, 5) is 24.3. The maximum atomic E-state index is 13.3. The number of hydrogen-bond donors (Lipinski definition) is 2. The van der Waals surface area contributed by atoms with Gasteiger partial charge in [-0.3, -0.25) is 4.79 Å². The predicted molar refractivity (Wildman–Crippen MR) is 108 cm³/mol. The number of anilines is 2. The van der Waals surface area contributed by atoms with Crippen LogP contribution in [0.4, 0.5) is 20.3 Å². The molecule has 2 aliphatic rings. The SMILES string of the molecule is COc1ncc(Nc2cc(F)nc(F)c2)nc1C(=O)NCC1(C)CCOC2(CCC2)C1. The third kappa shape index (κ3) is 4.73. The van der Waals surface area contributed by atoms with Crippen molar-refractivity contribution in [3.63, 3.8) is 0 Å². The fourth-order valence-corrected chi connectivity index (χ4v) is 4.27. The highest BCUT2D eigenvalue weighted by Gasteiger charge is 2.47. The van der Waals surface area contributed by atoms with Crippen LogP contribution in [0.1, 0.15) is 49.5 Å². The van der Waals surface area contributed by atoms with Gasteiger partial charge in [-0.2, -0.15) is 13.8 Å². The van der Waals surface area contributed by atoms with Crippen molar-refractivity contribution in [2.24, 2.45) is 5.41 Å². The summed E-state index contributed by atoms with van der Waals surface area (Å²) in [7, 11) is 1.39. The van der Waals surface area contributed by atoms with Gasteiger partial charge in [-0.15, -0.1) is 0 Å². The number of aromatic nitrogens is 3. The molecule has 31 heavy (non-hydrogen) atoms. The van der Waals surface area contributed by atoms with Crippen LogP contribution in [0, 0.1) is 17.3 Å². The van der Waals surface area contributed by atoms with Crippen LogP contribution in [0.25, 0.3) is 0 Å². The van der Waals surface area contributed by atoms with Gasteiger partial charge in [0.25, 0.3) is 5.91 Å². The van der Waals surface area contributed by atoms with Gasteiger partial charge in [0.05, 0.1) is 18.9 Å². The Balaban J connectivity index is 1.47. The number of nitrogens with zero attached hydrogens (tertiary/aromatic N) is 3. The second-order valence-corrected chi connectivity index (χ2v) is 8.54. The Morgan fingerprint density at radius 3 is 2.61 bits per heavy atom. The van der Waals surface area contributed by atoms with Crippen LogP contribution in [0.5, 0.6) is 5.88 Å². The summed E-state index contributed by atoms with van der Waals surface area (Å²) in [6, 6.07) is 2.02. The van der Waals surface area contributed by atoms with E-state index in [1.54, 1.807) is 0 Å². The molecule has 0 radical (unpaired) electrons. The van der Waals surface area contributed by atoms with Gasteiger partial charge in [0.2, 0.25) is 17.8 Å². The van der Waals surface area contributed by atoms with Crippen molar-refractivity contribution in [1.29, 1.82) is 0 Å². The Morgan fingerprint density at radius 1 is 1.23 bits per heavy atom. The molecule has 4 rings (SSSR count). The van der Waals surface area contributed by atoms with E-state index in [0.29, 0.717) is 13.2 Å². The molecule has 2 N–H and O–H groups in total. The first kappa shape index (κ1) is 21.4. The van der Waals surface area contributed by atoms with Gasteiger partial charge in [0.1, 0.15) is 5.82 Å². The topological polar surface area (TPSA) is 98.3 Å². The largest absolute Gasteiger partial charge is 0.479 e. The van der Waals surface area contributed by atoms with Crippen LogP contribution in [0.15, 0.2) is 18.3 Å². The standard InChI is InChI=1S/C21H25F2N5O3/c1-20(6-7-31-21(11-20)4-3-5-21)12-25-18(29)17-19(30-2)24-10-16(28-17)26-13-8-14(22)27-15(23)9-13/h8-10H,3-7,11-12H2,1-2H3,(H,25,29)(H,26,27,28). The van der Waals surface area contributed by atoms with Crippen LogP contribution in [-0.4, -0.2) is 46.7 Å². The minimum absolute atomic E-state index is 0.0171. The van der Waals surface area contributed by atoms with Crippen molar-refractivity contribution in [3.05, 3.63) is 35.9 Å². The van der Waals surface area contributed by atoms with Crippen LogP contribution >= 0.6 is 0 Å². The molecule has 0 bridgehead atoms. The number of pyridine rings is 1. The van der Waals surface area contributed by atoms with Crippen molar-refractivity contribution in [2.45, 2.75) is 44.6 Å². The van der Waals surface area contributed by atoms with E-state index in [2.05, 4.69) is 32.5 Å². The molecule has 0 aromatic carbocycles. The number of hydrogen-bond acceptors (Lipinski definition) is 7. The number of nitrogens with one attached hydrogen (secondary N) is 2. The van der Waals surface area contributed by atoms with Gasteiger partial charge in [0, 0.05) is 31.0 Å². The van der Waals surface area contributed by atoms with Crippen LogP contribution < -0.4 is 15.4 Å². The Kier molecular flexibility index (Phi) is 5.74. The van der Waals surface area contributed by atoms with Crippen molar-refractivity contribution in [2.75, 3.05) is 25.6 Å². The average Bonchev–Trinajstić information content (AvgIpc) is 2.70. The van der Waals surface area contributed by atoms with Crippen LogP contribution in [-0.2, 0) is 4.74 Å². The zero-order valence-electron chi connectivity index (χ0n) is 17.5. The Labute approximate surface area is 178 Å². The molecular formula is C21H25F2N5O3. The van der Waals surface area contributed by atoms with E-state index in [1.807, 2.05) is 0 Å². The van der Waals surface area contributed by atoms with Gasteiger partial charge >= 0.3 is 0 Å². The van der Waals surface area contributed by atoms with Gasteiger partial charge < -0.3 is 20.1 Å². The maximum absolute atomic E-state index is 13.3. The number of amides is 1. The van der Waals surface area contributed by atoms with E-state index >= 15 is 0 Å². The number of halogens is 2. The monoisotopic (exact) mass is 433 g/mol. The lowest BCUT2D eigenvalue weighted by Gasteiger charge is -2.51. The van der Waals surface area contributed by atoms with E-state index < -0.39 is 17.8 Å². The summed E-state index contributed by atoms with van der Waals surface area (Å²) in [5.74, 6) is -2.19. The molecule has 1 atom stereocenters. The van der Waals surface area contributed by atoms with Crippen LogP contribution in [0.3, 0.4) is 0 Å². The van der Waals surface area contributed by atoms with Crippen molar-refractivity contribution in [1.82, 2.24) is 20.3 Å². The van der Waals surface area contributed by atoms with Crippen molar-refractivity contribution >= 4 is 17.4 Å². The summed E-state index contributed by atoms with van der Waals surface area (Å²) < 4.78 is 37.8. The molecule has 2 aromatic heterocycles. The molecule has 3 heterocycles.